The Labute approximate surface area is 137 Å². The maximum absolute atomic E-state index is 12.6. The van der Waals surface area contributed by atoms with Gasteiger partial charge in [-0.25, -0.2) is 0 Å². The van der Waals surface area contributed by atoms with E-state index in [2.05, 4.69) is 6.92 Å². The average molecular weight is 315 g/mol. The van der Waals surface area contributed by atoms with E-state index in [0.717, 1.165) is 37.8 Å². The molecule has 1 atom stereocenters. The van der Waals surface area contributed by atoms with Crippen molar-refractivity contribution < 1.29 is 9.59 Å². The van der Waals surface area contributed by atoms with Gasteiger partial charge in [-0.2, -0.15) is 0 Å². The van der Waals surface area contributed by atoms with Crippen molar-refractivity contribution in [3.05, 3.63) is 29.3 Å². The van der Waals surface area contributed by atoms with Crippen LogP contribution in [0.5, 0.6) is 0 Å². The largest absolute Gasteiger partial charge is 0.398 e. The molecule has 0 spiro atoms. The molecule has 2 heterocycles. The van der Waals surface area contributed by atoms with Gasteiger partial charge in [0.25, 0.3) is 0 Å². The molecule has 23 heavy (non-hydrogen) atoms. The van der Waals surface area contributed by atoms with Gasteiger partial charge >= 0.3 is 11.8 Å². The molecule has 3 rings (SSSR count). The van der Waals surface area contributed by atoms with E-state index in [9.17, 15) is 9.59 Å². The van der Waals surface area contributed by atoms with Gasteiger partial charge in [-0.3, -0.25) is 9.59 Å². The van der Waals surface area contributed by atoms with Gasteiger partial charge in [0.05, 0.1) is 0 Å². The first-order chi connectivity index (χ1) is 11.1. The fourth-order valence-electron chi connectivity index (χ4n) is 3.71. The van der Waals surface area contributed by atoms with Crippen molar-refractivity contribution in [3.8, 4) is 0 Å². The molecule has 124 valence electrons. The van der Waals surface area contributed by atoms with E-state index in [1.165, 1.54) is 5.56 Å². The maximum atomic E-state index is 12.6. The van der Waals surface area contributed by atoms with Crippen molar-refractivity contribution in [2.24, 2.45) is 5.92 Å². The minimum absolute atomic E-state index is 0.346. The Hall–Kier alpha value is -2.04. The van der Waals surface area contributed by atoms with E-state index in [1.807, 2.05) is 18.2 Å². The first-order valence-electron chi connectivity index (χ1n) is 8.54. The molecule has 1 aromatic carbocycles. The third-order valence-electron chi connectivity index (χ3n) is 5.05. The lowest BCUT2D eigenvalue weighted by atomic mass is 9.98. The van der Waals surface area contributed by atoms with Crippen molar-refractivity contribution in [3.63, 3.8) is 0 Å². The van der Waals surface area contributed by atoms with Gasteiger partial charge in [-0.05, 0) is 42.4 Å². The highest BCUT2D eigenvalue weighted by Gasteiger charge is 2.33. The SMILES string of the molecule is CCCC1CCN(C(=O)C(=O)N2CCc3cccc(N)c3C2)C1. The number of anilines is 1. The van der Waals surface area contributed by atoms with Gasteiger partial charge in [-0.1, -0.05) is 25.5 Å². The second-order valence-corrected chi connectivity index (χ2v) is 6.66. The van der Waals surface area contributed by atoms with Crippen molar-refractivity contribution in [1.82, 2.24) is 9.80 Å². The molecule has 2 amide bonds. The molecule has 1 aromatic rings. The number of nitrogens with zero attached hydrogens (tertiary/aromatic N) is 2. The number of carbonyl (C=O) groups excluding carboxylic acids is 2. The van der Waals surface area contributed by atoms with Crippen LogP contribution < -0.4 is 5.73 Å². The third kappa shape index (κ3) is 3.19. The summed E-state index contributed by atoms with van der Waals surface area (Å²) in [5, 5.41) is 0. The molecule has 2 aliphatic heterocycles. The van der Waals surface area contributed by atoms with E-state index in [0.29, 0.717) is 31.2 Å². The van der Waals surface area contributed by atoms with Crippen LogP contribution in [0.15, 0.2) is 18.2 Å². The highest BCUT2D eigenvalue weighted by Crippen LogP contribution is 2.25. The van der Waals surface area contributed by atoms with Gasteiger partial charge in [0.1, 0.15) is 0 Å². The fourth-order valence-corrected chi connectivity index (χ4v) is 3.71. The summed E-state index contributed by atoms with van der Waals surface area (Å²) in [6.07, 6.45) is 4.04. The number of rotatable bonds is 2. The van der Waals surface area contributed by atoms with Gasteiger partial charge in [0.2, 0.25) is 0 Å². The standard InChI is InChI=1S/C18H25N3O2/c1-2-4-13-7-9-20(11-13)17(22)18(23)21-10-8-14-5-3-6-16(19)15(14)12-21/h3,5-6,13H,2,4,7-12,19H2,1H3. The summed E-state index contributed by atoms with van der Waals surface area (Å²) in [4.78, 5) is 28.4. The predicted octanol–water partition coefficient (Wildman–Crippen LogP) is 1.80. The summed E-state index contributed by atoms with van der Waals surface area (Å²) in [7, 11) is 0. The van der Waals surface area contributed by atoms with E-state index in [1.54, 1.807) is 9.80 Å². The summed E-state index contributed by atoms with van der Waals surface area (Å²) in [6.45, 7) is 4.63. The quantitative estimate of drug-likeness (QED) is 0.668. The van der Waals surface area contributed by atoms with Crippen LogP contribution in [-0.4, -0.2) is 41.2 Å². The van der Waals surface area contributed by atoms with E-state index < -0.39 is 0 Å². The number of nitrogen functional groups attached to an aromatic ring is 1. The Balaban J connectivity index is 1.65. The zero-order valence-electron chi connectivity index (χ0n) is 13.8. The van der Waals surface area contributed by atoms with Gasteiger partial charge < -0.3 is 15.5 Å². The number of amides is 2. The Morgan fingerprint density at radius 3 is 2.78 bits per heavy atom. The number of hydrogen-bond donors (Lipinski definition) is 1. The number of likely N-dealkylation sites (tertiary alicyclic amines) is 1. The molecule has 0 saturated carbocycles. The maximum Gasteiger partial charge on any atom is 0.312 e. The predicted molar refractivity (Wildman–Crippen MR) is 89.6 cm³/mol. The van der Waals surface area contributed by atoms with Crippen molar-refractivity contribution >= 4 is 17.5 Å². The van der Waals surface area contributed by atoms with Crippen LogP contribution in [0, 0.1) is 5.92 Å². The lowest BCUT2D eigenvalue weighted by molar-refractivity contribution is -0.151. The number of carbonyl (C=O) groups is 2. The van der Waals surface area contributed by atoms with Gasteiger partial charge in [0.15, 0.2) is 0 Å². The number of hydrogen-bond acceptors (Lipinski definition) is 3. The average Bonchev–Trinajstić information content (AvgIpc) is 3.02. The highest BCUT2D eigenvalue weighted by atomic mass is 16.2. The summed E-state index contributed by atoms with van der Waals surface area (Å²) in [5.41, 5.74) is 8.90. The smallest absolute Gasteiger partial charge is 0.312 e. The second kappa shape index (κ2) is 6.60. The third-order valence-corrected chi connectivity index (χ3v) is 5.05. The molecule has 2 aliphatic rings. The van der Waals surface area contributed by atoms with Crippen LogP contribution in [0.25, 0.3) is 0 Å². The highest BCUT2D eigenvalue weighted by molar-refractivity contribution is 6.35. The van der Waals surface area contributed by atoms with E-state index in [4.69, 9.17) is 5.73 Å². The second-order valence-electron chi connectivity index (χ2n) is 6.66. The minimum atomic E-state index is -0.379. The first kappa shape index (κ1) is 15.8. The monoisotopic (exact) mass is 315 g/mol. The van der Waals surface area contributed by atoms with Crippen LogP contribution in [0.2, 0.25) is 0 Å². The Bertz CT molecular complexity index is 614. The number of benzene rings is 1. The molecular weight excluding hydrogens is 290 g/mol. The van der Waals surface area contributed by atoms with Crippen molar-refractivity contribution in [2.75, 3.05) is 25.4 Å². The zero-order valence-corrected chi connectivity index (χ0v) is 13.8. The summed E-state index contributed by atoms with van der Waals surface area (Å²) >= 11 is 0. The molecule has 0 radical (unpaired) electrons. The molecule has 0 aromatic heterocycles. The lowest BCUT2D eigenvalue weighted by Crippen LogP contribution is -2.46. The topological polar surface area (TPSA) is 66.6 Å². The Morgan fingerprint density at radius 1 is 1.22 bits per heavy atom. The molecule has 1 unspecified atom stereocenters. The normalized spacial score (nSPS) is 20.5. The van der Waals surface area contributed by atoms with Crippen LogP contribution in [0.4, 0.5) is 5.69 Å². The van der Waals surface area contributed by atoms with Gasteiger partial charge in [0, 0.05) is 31.9 Å². The molecule has 1 fully saturated rings. The molecule has 5 nitrogen and oxygen atoms in total. The lowest BCUT2D eigenvalue weighted by Gasteiger charge is -2.30. The van der Waals surface area contributed by atoms with Crippen molar-refractivity contribution in [1.29, 1.82) is 0 Å². The molecule has 5 heteroatoms. The molecule has 0 bridgehead atoms. The summed E-state index contributed by atoms with van der Waals surface area (Å²) in [6, 6.07) is 5.84. The van der Waals surface area contributed by atoms with Crippen LogP contribution >= 0.6 is 0 Å². The number of fused-ring (bicyclic) bond motifs is 1. The van der Waals surface area contributed by atoms with Crippen molar-refractivity contribution in [2.45, 2.75) is 39.2 Å². The summed E-state index contributed by atoms with van der Waals surface area (Å²) in [5.74, 6) is -0.174. The van der Waals surface area contributed by atoms with Crippen LogP contribution in [0.1, 0.15) is 37.3 Å². The fraction of sp³-hybridized carbons (Fsp3) is 0.556. The van der Waals surface area contributed by atoms with Crippen LogP contribution in [-0.2, 0) is 22.6 Å². The van der Waals surface area contributed by atoms with Gasteiger partial charge in [-0.15, -0.1) is 0 Å². The van der Waals surface area contributed by atoms with Crippen LogP contribution in [0.3, 0.4) is 0 Å². The van der Waals surface area contributed by atoms with E-state index >= 15 is 0 Å². The molecule has 0 aliphatic carbocycles. The Morgan fingerprint density at radius 2 is 2.00 bits per heavy atom. The number of nitrogens with two attached hydrogens (primary N) is 1. The molecular formula is C18H25N3O2. The zero-order chi connectivity index (χ0) is 16.4. The van der Waals surface area contributed by atoms with E-state index in [-0.39, 0.29) is 11.8 Å². The Kier molecular flexibility index (Phi) is 4.55. The first-order valence-corrected chi connectivity index (χ1v) is 8.54. The molecule has 2 N–H and O–H groups in total. The molecule has 1 saturated heterocycles. The minimum Gasteiger partial charge on any atom is -0.398 e. The summed E-state index contributed by atoms with van der Waals surface area (Å²) < 4.78 is 0.